The second-order valence-electron chi connectivity index (χ2n) is 10.5. The number of amides is 1. The Labute approximate surface area is 261 Å². The molecule has 0 aliphatic carbocycles. The number of rotatable bonds is 12. The van der Waals surface area contributed by atoms with Crippen molar-refractivity contribution in [1.29, 1.82) is 0 Å². The first-order chi connectivity index (χ1) is 21.8. The first-order valence-electron chi connectivity index (χ1n) is 14.4. The summed E-state index contributed by atoms with van der Waals surface area (Å²) in [5, 5.41) is 13.0. The third-order valence-corrected chi connectivity index (χ3v) is 7.24. The molecular formula is C38H32FNO5. The molecule has 0 aliphatic rings. The Balaban J connectivity index is 1.37. The number of phenols is 1. The van der Waals surface area contributed by atoms with Crippen LogP contribution in [-0.2, 0) is 19.6 Å². The summed E-state index contributed by atoms with van der Waals surface area (Å²) in [7, 11) is 0. The van der Waals surface area contributed by atoms with Gasteiger partial charge >= 0.3 is 0 Å². The van der Waals surface area contributed by atoms with E-state index in [0.717, 1.165) is 16.7 Å². The molecule has 0 atom stereocenters. The first kappa shape index (κ1) is 30.8. The summed E-state index contributed by atoms with van der Waals surface area (Å²) in [6.45, 7) is 6.07. The number of nitrogens with one attached hydrogen (secondary N) is 1. The van der Waals surface area contributed by atoms with Crippen molar-refractivity contribution in [2.45, 2.75) is 26.6 Å². The van der Waals surface area contributed by atoms with E-state index >= 15 is 0 Å². The topological polar surface area (TPSA) is 84.9 Å². The van der Waals surface area contributed by atoms with E-state index in [-0.39, 0.29) is 41.6 Å². The monoisotopic (exact) mass is 601 g/mol. The minimum absolute atomic E-state index is 0.00560. The maximum absolute atomic E-state index is 13.5. The van der Waals surface area contributed by atoms with Gasteiger partial charge in [0, 0.05) is 23.1 Å². The van der Waals surface area contributed by atoms with Gasteiger partial charge < -0.3 is 19.9 Å². The number of aromatic hydroxyl groups is 1. The van der Waals surface area contributed by atoms with Crippen LogP contribution >= 0.6 is 0 Å². The van der Waals surface area contributed by atoms with Crippen LogP contribution in [0, 0.1) is 12.7 Å². The third-order valence-electron chi connectivity index (χ3n) is 7.24. The first-order valence-corrected chi connectivity index (χ1v) is 14.4. The average Bonchev–Trinajstić information content (AvgIpc) is 3.05. The number of hydrogen-bond donors (Lipinski definition) is 2. The highest BCUT2D eigenvalue weighted by atomic mass is 19.1. The summed E-state index contributed by atoms with van der Waals surface area (Å²) in [6.07, 6.45) is 1.59. The smallest absolute Gasteiger partial charge is 0.255 e. The summed E-state index contributed by atoms with van der Waals surface area (Å²) in [4.78, 5) is 26.7. The van der Waals surface area contributed by atoms with Crippen LogP contribution in [0.2, 0.25) is 0 Å². The molecule has 0 unspecified atom stereocenters. The Morgan fingerprint density at radius 1 is 0.800 bits per heavy atom. The van der Waals surface area contributed by atoms with Crippen molar-refractivity contribution in [1.82, 2.24) is 0 Å². The lowest BCUT2D eigenvalue weighted by Crippen LogP contribution is -2.13. The van der Waals surface area contributed by atoms with Crippen LogP contribution in [0.4, 0.5) is 10.1 Å². The van der Waals surface area contributed by atoms with Gasteiger partial charge in [0.2, 0.25) is 0 Å². The normalized spacial score (nSPS) is 10.6. The average molecular weight is 602 g/mol. The zero-order valence-electron chi connectivity index (χ0n) is 24.8. The van der Waals surface area contributed by atoms with E-state index in [0.29, 0.717) is 34.8 Å². The van der Waals surface area contributed by atoms with Crippen molar-refractivity contribution in [3.05, 3.63) is 161 Å². The predicted octanol–water partition coefficient (Wildman–Crippen LogP) is 8.32. The molecule has 5 aromatic rings. The van der Waals surface area contributed by atoms with Crippen LogP contribution in [0.1, 0.15) is 48.5 Å². The lowest BCUT2D eigenvalue weighted by Gasteiger charge is -2.15. The molecule has 6 nitrogen and oxygen atoms in total. The van der Waals surface area contributed by atoms with Crippen molar-refractivity contribution in [3.63, 3.8) is 0 Å². The van der Waals surface area contributed by atoms with Gasteiger partial charge in [-0.3, -0.25) is 9.59 Å². The highest BCUT2D eigenvalue weighted by Crippen LogP contribution is 2.29. The maximum atomic E-state index is 13.5. The Morgan fingerprint density at radius 2 is 1.47 bits per heavy atom. The summed E-state index contributed by atoms with van der Waals surface area (Å²) < 4.78 is 25.6. The van der Waals surface area contributed by atoms with Crippen molar-refractivity contribution in [2.75, 3.05) is 5.32 Å². The molecule has 0 aromatic heterocycles. The number of benzene rings is 5. The summed E-state index contributed by atoms with van der Waals surface area (Å²) in [5.41, 5.74) is 4.91. The predicted molar refractivity (Wildman–Crippen MR) is 173 cm³/mol. The van der Waals surface area contributed by atoms with Crippen molar-refractivity contribution < 1.29 is 28.6 Å². The molecule has 0 saturated carbocycles. The molecule has 7 heteroatoms. The highest BCUT2D eigenvalue weighted by Gasteiger charge is 2.17. The standard InChI is InChI=1S/C38H32FNO5/c1-3-26-12-18-33(35(42)19-26)40-38(43)31-15-14-30(37(22-31)45-24-28-10-16-32(39)17-11-28)20-34(41)29-13-9-25(2)36(21-29)44-23-27-7-5-4-6-8-27/h3-19,21-22,42H,1,20,23-24H2,2H3,(H,40,43). The van der Waals surface area contributed by atoms with Gasteiger partial charge in [-0.15, -0.1) is 0 Å². The summed E-state index contributed by atoms with van der Waals surface area (Å²) >= 11 is 0. The Hall–Kier alpha value is -5.69. The molecule has 0 fully saturated rings. The molecule has 0 radical (unpaired) electrons. The number of carbonyl (C=O) groups excluding carboxylic acids is 2. The molecule has 0 spiro atoms. The second kappa shape index (κ2) is 14.2. The van der Waals surface area contributed by atoms with E-state index in [4.69, 9.17) is 9.47 Å². The molecule has 226 valence electrons. The minimum Gasteiger partial charge on any atom is -0.506 e. The molecule has 0 bridgehead atoms. The maximum Gasteiger partial charge on any atom is 0.255 e. The Bertz CT molecular complexity index is 1830. The fourth-order valence-corrected chi connectivity index (χ4v) is 4.63. The minimum atomic E-state index is -0.472. The molecule has 1 amide bonds. The summed E-state index contributed by atoms with van der Waals surface area (Å²) in [5.74, 6) is -0.136. The molecule has 5 rings (SSSR count). The van der Waals surface area contributed by atoms with Crippen LogP contribution in [-0.4, -0.2) is 16.8 Å². The van der Waals surface area contributed by atoms with E-state index in [2.05, 4.69) is 11.9 Å². The Morgan fingerprint density at radius 3 is 2.18 bits per heavy atom. The zero-order valence-corrected chi connectivity index (χ0v) is 24.8. The number of ether oxygens (including phenoxy) is 2. The number of carbonyl (C=O) groups is 2. The van der Waals surface area contributed by atoms with Crippen LogP contribution < -0.4 is 14.8 Å². The van der Waals surface area contributed by atoms with Gasteiger partial charge in [0.15, 0.2) is 5.78 Å². The molecule has 0 heterocycles. The SMILES string of the molecule is C=Cc1ccc(NC(=O)c2ccc(CC(=O)c3ccc(C)c(OCc4ccccc4)c3)c(OCc3ccc(F)cc3)c2)c(O)c1. The number of hydrogen-bond acceptors (Lipinski definition) is 5. The van der Waals surface area contributed by atoms with E-state index in [9.17, 15) is 19.1 Å². The van der Waals surface area contributed by atoms with Crippen LogP contribution in [0.5, 0.6) is 17.2 Å². The fraction of sp³-hybridized carbons (Fsp3) is 0.105. The van der Waals surface area contributed by atoms with Gasteiger partial charge in [0.25, 0.3) is 5.91 Å². The largest absolute Gasteiger partial charge is 0.506 e. The third kappa shape index (κ3) is 8.03. The number of anilines is 1. The lowest BCUT2D eigenvalue weighted by molar-refractivity contribution is 0.0990. The molecule has 0 aliphatic heterocycles. The van der Waals surface area contributed by atoms with Crippen molar-refractivity contribution >= 4 is 23.5 Å². The molecule has 0 saturated heterocycles. The quantitative estimate of drug-likeness (QED) is 0.111. The van der Waals surface area contributed by atoms with E-state index in [1.54, 1.807) is 60.7 Å². The number of halogens is 1. The number of ketones is 1. The number of phenolic OH excluding ortho intramolecular Hbond substituents is 1. The van der Waals surface area contributed by atoms with Gasteiger partial charge in [-0.25, -0.2) is 4.39 Å². The van der Waals surface area contributed by atoms with E-state index in [1.807, 2.05) is 43.3 Å². The Kier molecular flexibility index (Phi) is 9.70. The van der Waals surface area contributed by atoms with Crippen LogP contribution in [0.15, 0.2) is 116 Å². The number of Topliss-reactive ketones (excluding diaryl/α,β-unsaturated/α-hetero) is 1. The molecule has 5 aromatic carbocycles. The molecular weight excluding hydrogens is 569 g/mol. The summed E-state index contributed by atoms with van der Waals surface area (Å²) in [6, 6.07) is 30.7. The van der Waals surface area contributed by atoms with Gasteiger partial charge in [0.1, 0.15) is 36.3 Å². The fourth-order valence-electron chi connectivity index (χ4n) is 4.63. The van der Waals surface area contributed by atoms with Gasteiger partial charge in [-0.1, -0.05) is 79.4 Å². The van der Waals surface area contributed by atoms with E-state index < -0.39 is 5.91 Å². The zero-order chi connectivity index (χ0) is 31.8. The van der Waals surface area contributed by atoms with Gasteiger partial charge in [0.05, 0.1) is 5.69 Å². The van der Waals surface area contributed by atoms with Crippen molar-refractivity contribution in [3.8, 4) is 17.2 Å². The van der Waals surface area contributed by atoms with Crippen LogP contribution in [0.3, 0.4) is 0 Å². The van der Waals surface area contributed by atoms with Crippen molar-refractivity contribution in [2.24, 2.45) is 0 Å². The van der Waals surface area contributed by atoms with Gasteiger partial charge in [-0.2, -0.15) is 0 Å². The molecule has 45 heavy (non-hydrogen) atoms. The number of aryl methyl sites for hydroxylation is 1. The second-order valence-corrected chi connectivity index (χ2v) is 10.5. The van der Waals surface area contributed by atoms with Crippen LogP contribution in [0.25, 0.3) is 6.08 Å². The lowest BCUT2D eigenvalue weighted by atomic mass is 9.99. The highest BCUT2D eigenvalue weighted by molar-refractivity contribution is 6.05. The molecule has 2 N–H and O–H groups in total. The van der Waals surface area contributed by atoms with Gasteiger partial charge in [-0.05, 0) is 71.6 Å². The van der Waals surface area contributed by atoms with E-state index in [1.165, 1.54) is 18.2 Å².